The van der Waals surface area contributed by atoms with Crippen molar-refractivity contribution in [1.82, 2.24) is 9.47 Å². The molecule has 1 heterocycles. The summed E-state index contributed by atoms with van der Waals surface area (Å²) in [6.07, 6.45) is 5.49. The van der Waals surface area contributed by atoms with Gasteiger partial charge >= 0.3 is 0 Å². The predicted octanol–water partition coefficient (Wildman–Crippen LogP) is 5.14. The maximum absolute atomic E-state index is 13.5. The van der Waals surface area contributed by atoms with Crippen LogP contribution in [0.3, 0.4) is 0 Å². The molecule has 4 rings (SSSR count). The molecule has 0 N–H and O–H groups in total. The Balaban J connectivity index is 1.63. The van der Waals surface area contributed by atoms with Crippen molar-refractivity contribution in [2.75, 3.05) is 6.54 Å². The standard InChI is InChI=1S/C24H24FN3O/c25-20-11-9-19(10-12-20)16-28(15-18-7-8-18)24(29)22-17-27(14-4-3-13-26)23-6-2-1-5-21(22)23/h1-2,5-6,9-12,17-18H,3-4,7-8,14-16H2. The number of nitrogens with zero attached hydrogens (tertiary/aromatic N) is 3. The van der Waals surface area contributed by atoms with Gasteiger partial charge in [0.1, 0.15) is 5.82 Å². The number of hydrogen-bond acceptors (Lipinski definition) is 2. The second kappa shape index (κ2) is 8.48. The summed E-state index contributed by atoms with van der Waals surface area (Å²) < 4.78 is 15.3. The molecular weight excluding hydrogens is 365 g/mol. The third-order valence-electron chi connectivity index (χ3n) is 5.46. The fourth-order valence-electron chi connectivity index (χ4n) is 3.74. The van der Waals surface area contributed by atoms with Crippen molar-refractivity contribution >= 4 is 16.8 Å². The fraction of sp³-hybridized carbons (Fsp3) is 0.333. The van der Waals surface area contributed by atoms with Gasteiger partial charge in [-0.15, -0.1) is 0 Å². The summed E-state index contributed by atoms with van der Waals surface area (Å²) in [6.45, 7) is 1.91. The van der Waals surface area contributed by atoms with E-state index in [1.165, 1.54) is 12.1 Å². The minimum Gasteiger partial charge on any atom is -0.347 e. The SMILES string of the molecule is N#CCCCn1cc(C(=O)N(Cc2ccc(F)cc2)CC2CC2)c2ccccc21. The van der Waals surface area contributed by atoms with Crippen molar-refractivity contribution in [3.63, 3.8) is 0 Å². The van der Waals surface area contributed by atoms with Crippen LogP contribution in [0.1, 0.15) is 41.6 Å². The number of aromatic nitrogens is 1. The van der Waals surface area contributed by atoms with E-state index < -0.39 is 0 Å². The number of fused-ring (bicyclic) bond motifs is 1. The van der Waals surface area contributed by atoms with Crippen LogP contribution in [0, 0.1) is 23.1 Å². The van der Waals surface area contributed by atoms with Gasteiger partial charge in [0.2, 0.25) is 0 Å². The number of rotatable bonds is 8. The summed E-state index contributed by atoms with van der Waals surface area (Å²) in [7, 11) is 0. The number of carbonyl (C=O) groups is 1. The van der Waals surface area contributed by atoms with E-state index >= 15 is 0 Å². The van der Waals surface area contributed by atoms with Crippen LogP contribution in [-0.4, -0.2) is 21.9 Å². The lowest BCUT2D eigenvalue weighted by Crippen LogP contribution is -2.32. The molecule has 1 aliphatic carbocycles. The highest BCUT2D eigenvalue weighted by Gasteiger charge is 2.28. The lowest BCUT2D eigenvalue weighted by Gasteiger charge is -2.22. The Labute approximate surface area is 170 Å². The molecule has 1 aromatic heterocycles. The van der Waals surface area contributed by atoms with Crippen molar-refractivity contribution < 1.29 is 9.18 Å². The van der Waals surface area contributed by atoms with Crippen molar-refractivity contribution in [3.8, 4) is 6.07 Å². The lowest BCUT2D eigenvalue weighted by molar-refractivity contribution is 0.0736. The van der Waals surface area contributed by atoms with Gasteiger partial charge in [0.05, 0.1) is 11.6 Å². The largest absolute Gasteiger partial charge is 0.347 e. The summed E-state index contributed by atoms with van der Waals surface area (Å²) in [6, 6.07) is 16.5. The molecule has 5 heteroatoms. The molecule has 1 saturated carbocycles. The fourth-order valence-corrected chi connectivity index (χ4v) is 3.74. The van der Waals surface area contributed by atoms with E-state index in [2.05, 4.69) is 10.6 Å². The van der Waals surface area contributed by atoms with Gasteiger partial charge in [-0.1, -0.05) is 30.3 Å². The Morgan fingerprint density at radius 2 is 1.93 bits per heavy atom. The molecule has 29 heavy (non-hydrogen) atoms. The second-order valence-electron chi connectivity index (χ2n) is 7.77. The molecule has 0 atom stereocenters. The van der Waals surface area contributed by atoms with Gasteiger partial charge < -0.3 is 9.47 Å². The van der Waals surface area contributed by atoms with Gasteiger partial charge in [-0.05, 0) is 48.9 Å². The van der Waals surface area contributed by atoms with Gasteiger partial charge in [-0.25, -0.2) is 4.39 Å². The van der Waals surface area contributed by atoms with Crippen molar-refractivity contribution in [3.05, 3.63) is 71.7 Å². The van der Waals surface area contributed by atoms with Gasteiger partial charge in [0.25, 0.3) is 5.91 Å². The molecule has 4 nitrogen and oxygen atoms in total. The van der Waals surface area contributed by atoms with Crippen LogP contribution >= 0.6 is 0 Å². The second-order valence-corrected chi connectivity index (χ2v) is 7.77. The van der Waals surface area contributed by atoms with Gasteiger partial charge in [0, 0.05) is 43.2 Å². The van der Waals surface area contributed by atoms with Gasteiger partial charge in [-0.3, -0.25) is 4.79 Å². The molecule has 3 aromatic rings. The zero-order chi connectivity index (χ0) is 20.2. The summed E-state index contributed by atoms with van der Waals surface area (Å²) in [5.74, 6) is 0.300. The van der Waals surface area contributed by atoms with Crippen LogP contribution in [-0.2, 0) is 13.1 Å². The normalized spacial score (nSPS) is 13.4. The van der Waals surface area contributed by atoms with E-state index in [-0.39, 0.29) is 11.7 Å². The number of halogens is 1. The molecule has 0 aliphatic heterocycles. The number of aryl methyl sites for hydroxylation is 1. The van der Waals surface area contributed by atoms with Crippen molar-refractivity contribution in [2.45, 2.75) is 38.8 Å². The smallest absolute Gasteiger partial charge is 0.256 e. The summed E-state index contributed by atoms with van der Waals surface area (Å²) in [5, 5.41) is 9.77. The molecule has 0 radical (unpaired) electrons. The predicted molar refractivity (Wildman–Crippen MR) is 111 cm³/mol. The molecule has 0 saturated heterocycles. The average Bonchev–Trinajstić information content (AvgIpc) is 3.48. The highest BCUT2D eigenvalue weighted by atomic mass is 19.1. The summed E-state index contributed by atoms with van der Waals surface area (Å²) in [5.41, 5.74) is 2.64. The van der Waals surface area contributed by atoms with E-state index in [9.17, 15) is 9.18 Å². The van der Waals surface area contributed by atoms with Crippen molar-refractivity contribution in [1.29, 1.82) is 5.26 Å². The third kappa shape index (κ3) is 4.48. The number of amides is 1. The topological polar surface area (TPSA) is 49.0 Å². The summed E-state index contributed by atoms with van der Waals surface area (Å²) >= 11 is 0. The van der Waals surface area contributed by atoms with E-state index in [1.807, 2.05) is 35.4 Å². The van der Waals surface area contributed by atoms with Crippen LogP contribution in [0.5, 0.6) is 0 Å². The van der Waals surface area contributed by atoms with Crippen LogP contribution in [0.4, 0.5) is 4.39 Å². The van der Waals surface area contributed by atoms with Crippen LogP contribution in [0.25, 0.3) is 10.9 Å². The molecule has 148 valence electrons. The minimum atomic E-state index is -0.269. The third-order valence-corrected chi connectivity index (χ3v) is 5.46. The van der Waals surface area contributed by atoms with E-state index in [4.69, 9.17) is 5.26 Å². The van der Waals surface area contributed by atoms with E-state index in [0.29, 0.717) is 31.0 Å². The zero-order valence-corrected chi connectivity index (χ0v) is 16.4. The number of unbranched alkanes of at least 4 members (excludes halogenated alkanes) is 1. The zero-order valence-electron chi connectivity index (χ0n) is 16.4. The minimum absolute atomic E-state index is 0.0106. The molecular formula is C24H24FN3O. The molecule has 2 aromatic carbocycles. The first-order valence-corrected chi connectivity index (χ1v) is 10.1. The van der Waals surface area contributed by atoms with Gasteiger partial charge in [0.15, 0.2) is 0 Å². The molecule has 0 spiro atoms. The van der Waals surface area contributed by atoms with Gasteiger partial charge in [-0.2, -0.15) is 5.26 Å². The number of nitriles is 1. The Bertz CT molecular complexity index is 1040. The molecule has 0 unspecified atom stereocenters. The summed E-state index contributed by atoms with van der Waals surface area (Å²) in [4.78, 5) is 15.4. The van der Waals surface area contributed by atoms with E-state index in [1.54, 1.807) is 12.1 Å². The van der Waals surface area contributed by atoms with Crippen molar-refractivity contribution in [2.24, 2.45) is 5.92 Å². The number of para-hydroxylation sites is 1. The Hall–Kier alpha value is -3.13. The number of benzene rings is 2. The number of hydrogen-bond donors (Lipinski definition) is 0. The Morgan fingerprint density at radius 1 is 1.17 bits per heavy atom. The highest BCUT2D eigenvalue weighted by Crippen LogP contribution is 2.32. The quantitative estimate of drug-likeness (QED) is 0.501. The molecule has 0 bridgehead atoms. The van der Waals surface area contributed by atoms with E-state index in [0.717, 1.165) is 42.3 Å². The molecule has 1 aliphatic rings. The maximum Gasteiger partial charge on any atom is 0.256 e. The van der Waals surface area contributed by atoms with Crippen LogP contribution in [0.2, 0.25) is 0 Å². The van der Waals surface area contributed by atoms with Crippen LogP contribution < -0.4 is 0 Å². The molecule has 1 amide bonds. The number of carbonyl (C=O) groups excluding carboxylic acids is 1. The average molecular weight is 389 g/mol. The first kappa shape index (κ1) is 19.2. The van der Waals surface area contributed by atoms with Crippen LogP contribution in [0.15, 0.2) is 54.7 Å². The maximum atomic E-state index is 13.5. The first-order chi connectivity index (χ1) is 14.2. The molecule has 1 fully saturated rings. The first-order valence-electron chi connectivity index (χ1n) is 10.1. The monoisotopic (exact) mass is 389 g/mol. The lowest BCUT2D eigenvalue weighted by atomic mass is 10.1. The Morgan fingerprint density at radius 3 is 2.66 bits per heavy atom. The Kier molecular flexibility index (Phi) is 5.62. The highest BCUT2D eigenvalue weighted by molar-refractivity contribution is 6.07.